The van der Waals surface area contributed by atoms with Crippen LogP contribution in [0.4, 0.5) is 0 Å². The molecule has 1 atom stereocenters. The lowest BCUT2D eigenvalue weighted by Gasteiger charge is -2.17. The number of hydrogen-bond acceptors (Lipinski definition) is 3. The van der Waals surface area contributed by atoms with E-state index < -0.39 is 0 Å². The average molecular weight is 327 g/mol. The second-order valence-corrected chi connectivity index (χ2v) is 6.92. The van der Waals surface area contributed by atoms with Gasteiger partial charge >= 0.3 is 0 Å². The lowest BCUT2D eigenvalue weighted by Crippen LogP contribution is -2.22. The van der Waals surface area contributed by atoms with Crippen molar-refractivity contribution in [3.63, 3.8) is 0 Å². The molecule has 0 saturated heterocycles. The third-order valence-corrected chi connectivity index (χ3v) is 4.00. The molecule has 0 spiro atoms. The van der Waals surface area contributed by atoms with Gasteiger partial charge in [-0.15, -0.1) is 5.10 Å². The molecule has 1 heterocycles. The Bertz CT molecular complexity index is 616. The van der Waals surface area contributed by atoms with Gasteiger partial charge in [0.1, 0.15) is 0 Å². The molecule has 0 bridgehead atoms. The summed E-state index contributed by atoms with van der Waals surface area (Å²) in [7, 11) is 0. The Kier molecular flexibility index (Phi) is 4.91. The highest BCUT2D eigenvalue weighted by Gasteiger charge is 2.15. The fraction of sp³-hybridized carbons (Fsp3) is 0.467. The van der Waals surface area contributed by atoms with Gasteiger partial charge in [0.2, 0.25) is 0 Å². The third kappa shape index (κ3) is 4.19. The van der Waals surface area contributed by atoms with E-state index in [1.807, 2.05) is 29.1 Å². The van der Waals surface area contributed by atoms with Crippen LogP contribution < -0.4 is 5.32 Å². The minimum absolute atomic E-state index is 0.0550. The quantitative estimate of drug-likeness (QED) is 0.915. The Balaban J connectivity index is 1.99. The molecule has 1 aromatic heterocycles. The van der Waals surface area contributed by atoms with Crippen molar-refractivity contribution >= 4 is 23.2 Å². The van der Waals surface area contributed by atoms with Gasteiger partial charge in [0.15, 0.2) is 0 Å². The summed E-state index contributed by atoms with van der Waals surface area (Å²) >= 11 is 12.0. The van der Waals surface area contributed by atoms with Crippen LogP contribution >= 0.6 is 23.2 Å². The van der Waals surface area contributed by atoms with Crippen LogP contribution in [0.3, 0.4) is 0 Å². The number of nitrogens with zero attached hydrogens (tertiary/aromatic N) is 3. The SMILES string of the molecule is CC(NCc1cn(C(C)(C)C)nn1)c1ccc(Cl)c(Cl)c1. The summed E-state index contributed by atoms with van der Waals surface area (Å²) in [4.78, 5) is 0. The molecule has 0 aliphatic rings. The largest absolute Gasteiger partial charge is 0.304 e. The zero-order valence-electron chi connectivity index (χ0n) is 12.7. The zero-order valence-corrected chi connectivity index (χ0v) is 14.2. The van der Waals surface area contributed by atoms with Crippen LogP contribution in [-0.2, 0) is 12.1 Å². The summed E-state index contributed by atoms with van der Waals surface area (Å²) < 4.78 is 1.87. The molecular weight excluding hydrogens is 307 g/mol. The lowest BCUT2D eigenvalue weighted by molar-refractivity contribution is 0.347. The van der Waals surface area contributed by atoms with Gasteiger partial charge in [-0.05, 0) is 45.4 Å². The normalized spacial score (nSPS) is 13.4. The maximum Gasteiger partial charge on any atom is 0.0965 e. The molecule has 21 heavy (non-hydrogen) atoms. The number of nitrogens with one attached hydrogen (secondary N) is 1. The standard InChI is InChI=1S/C15H20Cl2N4/c1-10(11-5-6-13(16)14(17)7-11)18-8-12-9-21(20-19-12)15(2,3)4/h5-7,9-10,18H,8H2,1-4H3. The predicted molar refractivity (Wildman–Crippen MR) is 86.7 cm³/mol. The monoisotopic (exact) mass is 326 g/mol. The molecule has 0 aliphatic carbocycles. The second-order valence-electron chi connectivity index (χ2n) is 6.10. The molecule has 2 rings (SSSR count). The van der Waals surface area contributed by atoms with Crippen LogP contribution in [-0.4, -0.2) is 15.0 Å². The molecule has 6 heteroatoms. The van der Waals surface area contributed by atoms with E-state index in [9.17, 15) is 0 Å². The van der Waals surface area contributed by atoms with Crippen molar-refractivity contribution < 1.29 is 0 Å². The summed E-state index contributed by atoms with van der Waals surface area (Å²) in [6.45, 7) is 9.01. The van der Waals surface area contributed by atoms with E-state index >= 15 is 0 Å². The van der Waals surface area contributed by atoms with Crippen molar-refractivity contribution in [2.75, 3.05) is 0 Å². The molecule has 0 amide bonds. The number of rotatable bonds is 4. The molecule has 0 fully saturated rings. The van der Waals surface area contributed by atoms with E-state index in [0.717, 1.165) is 11.3 Å². The second kappa shape index (κ2) is 6.34. The van der Waals surface area contributed by atoms with Gasteiger partial charge in [-0.25, -0.2) is 4.68 Å². The molecule has 1 unspecified atom stereocenters. The topological polar surface area (TPSA) is 42.7 Å². The summed E-state index contributed by atoms with van der Waals surface area (Å²) in [6, 6.07) is 5.82. The smallest absolute Gasteiger partial charge is 0.0965 e. The highest BCUT2D eigenvalue weighted by molar-refractivity contribution is 6.42. The summed E-state index contributed by atoms with van der Waals surface area (Å²) in [6.07, 6.45) is 1.97. The molecule has 0 radical (unpaired) electrons. The minimum atomic E-state index is -0.0550. The van der Waals surface area contributed by atoms with Crippen LogP contribution in [0.5, 0.6) is 0 Å². The maximum absolute atomic E-state index is 6.04. The van der Waals surface area contributed by atoms with Crippen LogP contribution in [0.25, 0.3) is 0 Å². The van der Waals surface area contributed by atoms with Crippen LogP contribution in [0.2, 0.25) is 10.0 Å². The maximum atomic E-state index is 6.04. The van der Waals surface area contributed by atoms with Crippen molar-refractivity contribution in [1.82, 2.24) is 20.3 Å². The minimum Gasteiger partial charge on any atom is -0.304 e. The molecule has 2 aromatic rings. The Labute approximate surface area is 135 Å². The van der Waals surface area contributed by atoms with E-state index in [2.05, 4.69) is 43.3 Å². The first-order chi connectivity index (χ1) is 9.77. The summed E-state index contributed by atoms with van der Waals surface area (Å²) in [5.74, 6) is 0. The molecule has 1 N–H and O–H groups in total. The van der Waals surface area contributed by atoms with Gasteiger partial charge in [0, 0.05) is 12.6 Å². The number of benzene rings is 1. The summed E-state index contributed by atoms with van der Waals surface area (Å²) in [5.41, 5.74) is 1.95. The van der Waals surface area contributed by atoms with Gasteiger partial charge in [-0.1, -0.05) is 34.5 Å². The van der Waals surface area contributed by atoms with Gasteiger partial charge in [-0.2, -0.15) is 0 Å². The van der Waals surface area contributed by atoms with E-state index in [1.165, 1.54) is 0 Å². The zero-order chi connectivity index (χ0) is 15.6. The van der Waals surface area contributed by atoms with Crippen molar-refractivity contribution in [2.24, 2.45) is 0 Å². The van der Waals surface area contributed by atoms with Gasteiger partial charge in [-0.3, -0.25) is 0 Å². The molecule has 0 aliphatic heterocycles. The third-order valence-electron chi connectivity index (χ3n) is 3.26. The van der Waals surface area contributed by atoms with Crippen LogP contribution in [0.1, 0.15) is 45.0 Å². The first kappa shape index (κ1) is 16.3. The fourth-order valence-corrected chi connectivity index (χ4v) is 2.17. The fourth-order valence-electron chi connectivity index (χ4n) is 1.86. The molecule has 4 nitrogen and oxygen atoms in total. The predicted octanol–water partition coefficient (Wildman–Crippen LogP) is 4.19. The first-order valence-electron chi connectivity index (χ1n) is 6.87. The highest BCUT2D eigenvalue weighted by atomic mass is 35.5. The van der Waals surface area contributed by atoms with Gasteiger partial charge in [0.05, 0.1) is 27.5 Å². The Hall–Kier alpha value is -1.10. The van der Waals surface area contributed by atoms with Crippen molar-refractivity contribution in [3.8, 4) is 0 Å². The number of aromatic nitrogens is 3. The Morgan fingerprint density at radius 2 is 1.95 bits per heavy atom. The Morgan fingerprint density at radius 1 is 1.24 bits per heavy atom. The Morgan fingerprint density at radius 3 is 2.52 bits per heavy atom. The summed E-state index contributed by atoms with van der Waals surface area (Å²) in [5, 5.41) is 12.9. The van der Waals surface area contributed by atoms with E-state index in [-0.39, 0.29) is 11.6 Å². The lowest BCUT2D eigenvalue weighted by atomic mass is 10.1. The van der Waals surface area contributed by atoms with E-state index in [1.54, 1.807) is 0 Å². The molecule has 1 aromatic carbocycles. The van der Waals surface area contributed by atoms with Crippen molar-refractivity contribution in [1.29, 1.82) is 0 Å². The van der Waals surface area contributed by atoms with Gasteiger partial charge in [0.25, 0.3) is 0 Å². The average Bonchev–Trinajstić information content (AvgIpc) is 2.88. The first-order valence-corrected chi connectivity index (χ1v) is 7.63. The van der Waals surface area contributed by atoms with Gasteiger partial charge < -0.3 is 5.32 Å². The highest BCUT2D eigenvalue weighted by Crippen LogP contribution is 2.25. The van der Waals surface area contributed by atoms with Crippen LogP contribution in [0, 0.1) is 0 Å². The molecular formula is C15H20Cl2N4. The van der Waals surface area contributed by atoms with Crippen molar-refractivity contribution in [3.05, 3.63) is 45.7 Å². The number of halogens is 2. The van der Waals surface area contributed by atoms with Crippen LogP contribution in [0.15, 0.2) is 24.4 Å². The van der Waals surface area contributed by atoms with Crippen molar-refractivity contribution in [2.45, 2.75) is 45.8 Å². The van der Waals surface area contributed by atoms with E-state index in [4.69, 9.17) is 23.2 Å². The number of hydrogen-bond donors (Lipinski definition) is 1. The molecule has 0 saturated carbocycles. The molecule has 114 valence electrons. The van der Waals surface area contributed by atoms with E-state index in [0.29, 0.717) is 16.6 Å².